The zero-order chi connectivity index (χ0) is 27.6. The van der Waals surface area contributed by atoms with Crippen molar-refractivity contribution in [1.29, 1.82) is 0 Å². The first-order chi connectivity index (χ1) is 20.2. The van der Waals surface area contributed by atoms with Crippen molar-refractivity contribution in [3.63, 3.8) is 0 Å². The Morgan fingerprint density at radius 2 is 0.878 bits per heavy atom. The third kappa shape index (κ3) is 4.83. The Hall–Kier alpha value is -5.61. The molecule has 41 heavy (non-hydrogen) atoms. The van der Waals surface area contributed by atoms with Crippen LogP contribution in [0.1, 0.15) is 0 Å². The number of pyridine rings is 1. The summed E-state index contributed by atoms with van der Waals surface area (Å²) in [5.74, 6) is 0.415. The summed E-state index contributed by atoms with van der Waals surface area (Å²) in [6, 6.07) is 49.2. The molecule has 5 aromatic carbocycles. The third-order valence-corrected chi connectivity index (χ3v) is 7.29. The summed E-state index contributed by atoms with van der Waals surface area (Å²) in [4.78, 5) is 22.5. The zero-order valence-corrected chi connectivity index (χ0v) is 22.2. The van der Waals surface area contributed by atoms with Crippen LogP contribution in [0.4, 0.5) is 0 Å². The largest absolute Gasteiger partial charge is 0.355 e. The van der Waals surface area contributed by atoms with Gasteiger partial charge in [-0.25, -0.2) is 9.78 Å². The summed E-state index contributed by atoms with van der Waals surface area (Å²) in [6.07, 6.45) is 1.88. The van der Waals surface area contributed by atoms with Gasteiger partial charge < -0.3 is 0 Å². The summed E-state index contributed by atoms with van der Waals surface area (Å²) in [5, 5.41) is 0. The third-order valence-electron chi connectivity index (χ3n) is 7.29. The highest BCUT2D eigenvalue weighted by Crippen LogP contribution is 2.36. The first kappa shape index (κ1) is 24.4. The van der Waals surface area contributed by atoms with Gasteiger partial charge in [0, 0.05) is 17.3 Å². The number of hydrogen-bond donors (Lipinski definition) is 0. The molecule has 7 rings (SSSR count). The molecular formula is C37H25N3O. The van der Waals surface area contributed by atoms with E-state index in [4.69, 9.17) is 4.98 Å². The quantitative estimate of drug-likeness (QED) is 0.226. The Morgan fingerprint density at radius 3 is 1.44 bits per heavy atom. The summed E-state index contributed by atoms with van der Waals surface area (Å²) in [5.41, 5.74) is 9.47. The van der Waals surface area contributed by atoms with Crippen LogP contribution in [0.3, 0.4) is 0 Å². The number of benzene rings is 5. The summed E-state index contributed by atoms with van der Waals surface area (Å²) < 4.78 is 1.54. The van der Waals surface area contributed by atoms with E-state index < -0.39 is 0 Å². The van der Waals surface area contributed by atoms with Gasteiger partial charge in [0.25, 0.3) is 0 Å². The van der Waals surface area contributed by atoms with E-state index in [2.05, 4.69) is 77.8 Å². The minimum atomic E-state index is -0.362. The van der Waals surface area contributed by atoms with Crippen molar-refractivity contribution in [2.45, 2.75) is 0 Å². The van der Waals surface area contributed by atoms with E-state index in [0.29, 0.717) is 11.5 Å². The molecule has 0 saturated carbocycles. The Labute approximate surface area is 237 Å². The second-order valence-corrected chi connectivity index (χ2v) is 9.92. The van der Waals surface area contributed by atoms with Crippen molar-refractivity contribution in [3.8, 4) is 55.9 Å². The molecule has 0 aliphatic rings. The lowest BCUT2D eigenvalue weighted by Crippen LogP contribution is -2.19. The van der Waals surface area contributed by atoms with E-state index in [1.54, 1.807) is 4.40 Å². The van der Waals surface area contributed by atoms with Crippen LogP contribution in [-0.4, -0.2) is 14.4 Å². The van der Waals surface area contributed by atoms with Gasteiger partial charge in [-0.2, -0.15) is 4.98 Å². The molecule has 0 radical (unpaired) electrons. The molecule has 0 atom stereocenters. The molecule has 4 nitrogen and oxygen atoms in total. The van der Waals surface area contributed by atoms with Crippen molar-refractivity contribution in [2.75, 3.05) is 0 Å². The molecule has 0 N–H and O–H groups in total. The lowest BCUT2D eigenvalue weighted by molar-refractivity contribution is 0.950. The van der Waals surface area contributed by atoms with Gasteiger partial charge in [-0.3, -0.25) is 4.40 Å². The van der Waals surface area contributed by atoms with Gasteiger partial charge in [0.2, 0.25) is 0 Å². The van der Waals surface area contributed by atoms with Gasteiger partial charge in [-0.05, 0) is 57.1 Å². The topological polar surface area (TPSA) is 47.3 Å². The molecule has 7 aromatic rings. The smallest absolute Gasteiger partial charge is 0.251 e. The predicted octanol–water partition coefficient (Wildman–Crippen LogP) is 8.42. The zero-order valence-electron chi connectivity index (χ0n) is 22.2. The second-order valence-electron chi connectivity index (χ2n) is 9.92. The highest BCUT2D eigenvalue weighted by atomic mass is 16.1. The van der Waals surface area contributed by atoms with Crippen molar-refractivity contribution in [3.05, 3.63) is 162 Å². The number of hydrogen-bond acceptors (Lipinski definition) is 3. The van der Waals surface area contributed by atoms with E-state index in [9.17, 15) is 4.79 Å². The van der Waals surface area contributed by atoms with Crippen LogP contribution in [0.25, 0.3) is 61.5 Å². The highest BCUT2D eigenvalue weighted by Gasteiger charge is 2.15. The fourth-order valence-electron chi connectivity index (χ4n) is 5.24. The standard InChI is InChI=1S/C37H25N3O/c41-37-39-36(28-16-8-3-9-17-28)38-35-24-33(31-20-10-18-29(22-31)26-12-4-1-5-13-26)34(25-40(35)37)32-21-11-19-30(23-32)27-14-6-2-7-15-27/h1-25H. The van der Waals surface area contributed by atoms with Crippen LogP contribution in [0.15, 0.2) is 157 Å². The molecule has 0 saturated heterocycles. The number of fused-ring (bicyclic) bond motifs is 1. The van der Waals surface area contributed by atoms with Crippen molar-refractivity contribution in [2.24, 2.45) is 0 Å². The molecule has 0 bridgehead atoms. The van der Waals surface area contributed by atoms with E-state index in [1.807, 2.05) is 79.0 Å². The maximum Gasteiger partial charge on any atom is 0.355 e. The first-order valence-electron chi connectivity index (χ1n) is 13.5. The van der Waals surface area contributed by atoms with Gasteiger partial charge >= 0.3 is 5.69 Å². The molecule has 0 amide bonds. The Balaban J connectivity index is 1.47. The lowest BCUT2D eigenvalue weighted by atomic mass is 9.92. The van der Waals surface area contributed by atoms with Crippen molar-refractivity contribution >= 4 is 5.65 Å². The van der Waals surface area contributed by atoms with Crippen molar-refractivity contribution < 1.29 is 0 Å². The second kappa shape index (κ2) is 10.5. The van der Waals surface area contributed by atoms with Crippen LogP contribution in [0.2, 0.25) is 0 Å². The first-order valence-corrected chi connectivity index (χ1v) is 13.5. The predicted molar refractivity (Wildman–Crippen MR) is 166 cm³/mol. The summed E-state index contributed by atoms with van der Waals surface area (Å²) in [6.45, 7) is 0. The molecule has 2 aromatic heterocycles. The SMILES string of the molecule is O=c1nc(-c2ccccc2)nc2cc(-c3cccc(-c4ccccc4)c3)c(-c3cccc(-c4ccccc4)c3)cn12. The number of rotatable bonds is 5. The normalized spacial score (nSPS) is 11.0. The van der Waals surface area contributed by atoms with Gasteiger partial charge in [0.1, 0.15) is 5.65 Å². The maximum atomic E-state index is 13.3. The Bertz CT molecular complexity index is 2050. The average Bonchev–Trinajstić information content (AvgIpc) is 3.05. The molecule has 194 valence electrons. The number of aromatic nitrogens is 3. The Morgan fingerprint density at radius 1 is 0.415 bits per heavy atom. The van der Waals surface area contributed by atoms with Crippen molar-refractivity contribution in [1.82, 2.24) is 14.4 Å². The fraction of sp³-hybridized carbons (Fsp3) is 0. The van der Waals surface area contributed by atoms with Gasteiger partial charge in [0.15, 0.2) is 5.82 Å². The fourth-order valence-corrected chi connectivity index (χ4v) is 5.24. The van der Waals surface area contributed by atoms with Crippen LogP contribution >= 0.6 is 0 Å². The average molecular weight is 528 g/mol. The van der Waals surface area contributed by atoms with E-state index in [0.717, 1.165) is 50.1 Å². The summed E-state index contributed by atoms with van der Waals surface area (Å²) in [7, 11) is 0. The monoisotopic (exact) mass is 527 g/mol. The molecule has 2 heterocycles. The van der Waals surface area contributed by atoms with Crippen LogP contribution in [-0.2, 0) is 0 Å². The van der Waals surface area contributed by atoms with Gasteiger partial charge in [-0.1, -0.05) is 127 Å². The molecule has 0 aliphatic carbocycles. The van der Waals surface area contributed by atoms with E-state index >= 15 is 0 Å². The minimum Gasteiger partial charge on any atom is -0.251 e. The molecule has 0 fully saturated rings. The van der Waals surface area contributed by atoms with Gasteiger partial charge in [0.05, 0.1) is 0 Å². The Kier molecular flexibility index (Phi) is 6.26. The van der Waals surface area contributed by atoms with Crippen LogP contribution in [0.5, 0.6) is 0 Å². The van der Waals surface area contributed by atoms with E-state index in [-0.39, 0.29) is 5.69 Å². The molecular weight excluding hydrogens is 502 g/mol. The molecule has 4 heteroatoms. The van der Waals surface area contributed by atoms with E-state index in [1.165, 1.54) is 0 Å². The van der Waals surface area contributed by atoms with Crippen LogP contribution in [0, 0.1) is 0 Å². The summed E-state index contributed by atoms with van der Waals surface area (Å²) >= 11 is 0. The minimum absolute atomic E-state index is 0.362. The molecule has 0 unspecified atom stereocenters. The highest BCUT2D eigenvalue weighted by molar-refractivity contribution is 5.88. The lowest BCUT2D eigenvalue weighted by Gasteiger charge is -2.15. The molecule has 0 spiro atoms. The maximum absolute atomic E-state index is 13.3. The molecule has 0 aliphatic heterocycles. The van der Waals surface area contributed by atoms with Crippen LogP contribution < -0.4 is 5.69 Å². The van der Waals surface area contributed by atoms with Gasteiger partial charge in [-0.15, -0.1) is 0 Å². The number of nitrogens with zero attached hydrogens (tertiary/aromatic N) is 3.